The summed E-state index contributed by atoms with van der Waals surface area (Å²) in [4.78, 5) is 0. The summed E-state index contributed by atoms with van der Waals surface area (Å²) in [6.45, 7) is 5.60. The fourth-order valence-corrected chi connectivity index (χ4v) is 1.71. The van der Waals surface area contributed by atoms with Crippen LogP contribution in [0.3, 0.4) is 0 Å². The van der Waals surface area contributed by atoms with E-state index < -0.39 is 0 Å². The van der Waals surface area contributed by atoms with Crippen LogP contribution in [0.25, 0.3) is 0 Å². The summed E-state index contributed by atoms with van der Waals surface area (Å²) in [5.41, 5.74) is 0.376. The van der Waals surface area contributed by atoms with E-state index >= 15 is 0 Å². The van der Waals surface area contributed by atoms with Crippen LogP contribution in [0, 0.1) is 11.3 Å². The summed E-state index contributed by atoms with van der Waals surface area (Å²) in [6.07, 6.45) is 4.15. The average Bonchev–Trinajstić information content (AvgIpc) is 1.78. The quantitative estimate of drug-likeness (QED) is 0.604. The fourth-order valence-electron chi connectivity index (χ4n) is 1.71. The molecular formula is C9H19NO. The molecule has 2 heteroatoms. The lowest BCUT2D eigenvalue weighted by Gasteiger charge is -2.40. The minimum absolute atomic E-state index is 0.107. The molecule has 0 radical (unpaired) electrons. The molecule has 66 valence electrons. The Morgan fingerprint density at radius 2 is 2.09 bits per heavy atom. The first-order valence-corrected chi connectivity index (χ1v) is 4.48. The Morgan fingerprint density at radius 1 is 1.45 bits per heavy atom. The first-order valence-electron chi connectivity index (χ1n) is 4.48. The molecule has 0 aromatic carbocycles. The number of hydrogen-bond donors (Lipinski definition) is 2. The van der Waals surface area contributed by atoms with Gasteiger partial charge in [0, 0.05) is 6.54 Å². The molecule has 0 aromatic rings. The van der Waals surface area contributed by atoms with Crippen molar-refractivity contribution in [2.45, 2.75) is 33.1 Å². The lowest BCUT2D eigenvalue weighted by Crippen LogP contribution is -2.39. The van der Waals surface area contributed by atoms with E-state index in [1.54, 1.807) is 0 Å². The topological polar surface area (TPSA) is 32.3 Å². The van der Waals surface area contributed by atoms with Crippen molar-refractivity contribution in [3.8, 4) is 0 Å². The Morgan fingerprint density at radius 3 is 2.45 bits per heavy atom. The van der Waals surface area contributed by atoms with E-state index in [2.05, 4.69) is 19.2 Å². The number of aliphatic hydroxyl groups is 1. The highest BCUT2D eigenvalue weighted by atomic mass is 16.3. The molecule has 0 amide bonds. The molecular weight excluding hydrogens is 138 g/mol. The Balaban J connectivity index is 2.25. The Kier molecular flexibility index (Phi) is 2.90. The van der Waals surface area contributed by atoms with Gasteiger partial charge in [0.25, 0.3) is 0 Å². The minimum Gasteiger partial charge on any atom is -0.381 e. The molecule has 1 aliphatic carbocycles. The molecule has 0 bridgehead atoms. The van der Waals surface area contributed by atoms with Crippen LogP contribution < -0.4 is 5.32 Å². The van der Waals surface area contributed by atoms with Crippen LogP contribution in [0.4, 0.5) is 0 Å². The summed E-state index contributed by atoms with van der Waals surface area (Å²) < 4.78 is 0. The van der Waals surface area contributed by atoms with Crippen molar-refractivity contribution < 1.29 is 5.11 Å². The Hall–Kier alpha value is -0.0800. The van der Waals surface area contributed by atoms with Crippen molar-refractivity contribution in [2.24, 2.45) is 11.3 Å². The van der Waals surface area contributed by atoms with Gasteiger partial charge in [0.2, 0.25) is 0 Å². The van der Waals surface area contributed by atoms with Gasteiger partial charge in [-0.1, -0.05) is 20.3 Å². The van der Waals surface area contributed by atoms with E-state index in [1.807, 2.05) is 0 Å². The highest BCUT2D eigenvalue weighted by Gasteiger charge is 2.33. The second-order valence-corrected chi connectivity index (χ2v) is 4.20. The molecule has 1 saturated carbocycles. The van der Waals surface area contributed by atoms with Crippen LogP contribution in [0.1, 0.15) is 33.1 Å². The number of aliphatic hydroxyl groups excluding tert-OH is 1. The second kappa shape index (κ2) is 3.55. The van der Waals surface area contributed by atoms with Gasteiger partial charge in [-0.05, 0) is 24.2 Å². The van der Waals surface area contributed by atoms with E-state index in [0.29, 0.717) is 5.41 Å². The van der Waals surface area contributed by atoms with Crippen molar-refractivity contribution in [1.29, 1.82) is 0 Å². The summed E-state index contributed by atoms with van der Waals surface area (Å²) in [7, 11) is 0. The SMILES string of the molecule is CC(C)(CNCO)C1CCC1. The Bertz CT molecular complexity index is 119. The monoisotopic (exact) mass is 157 g/mol. The van der Waals surface area contributed by atoms with Crippen LogP contribution in [-0.4, -0.2) is 18.4 Å². The number of nitrogens with one attached hydrogen (secondary N) is 1. The van der Waals surface area contributed by atoms with E-state index in [0.717, 1.165) is 12.5 Å². The van der Waals surface area contributed by atoms with Gasteiger partial charge in [-0.3, -0.25) is 5.32 Å². The molecule has 1 rings (SSSR count). The van der Waals surface area contributed by atoms with Gasteiger partial charge in [0.1, 0.15) is 0 Å². The van der Waals surface area contributed by atoms with Gasteiger partial charge in [0.15, 0.2) is 0 Å². The lowest BCUT2D eigenvalue weighted by molar-refractivity contribution is 0.107. The van der Waals surface area contributed by atoms with Crippen molar-refractivity contribution in [3.05, 3.63) is 0 Å². The third kappa shape index (κ3) is 2.17. The van der Waals surface area contributed by atoms with Gasteiger partial charge >= 0.3 is 0 Å². The predicted octanol–water partition coefficient (Wildman–Crippen LogP) is 1.35. The first-order chi connectivity index (χ1) is 5.17. The molecule has 0 heterocycles. The smallest absolute Gasteiger partial charge is 0.0931 e. The number of hydrogen-bond acceptors (Lipinski definition) is 2. The zero-order valence-corrected chi connectivity index (χ0v) is 7.56. The third-order valence-corrected chi connectivity index (χ3v) is 2.90. The van der Waals surface area contributed by atoms with E-state index in [-0.39, 0.29) is 6.73 Å². The van der Waals surface area contributed by atoms with Gasteiger partial charge in [-0.15, -0.1) is 0 Å². The molecule has 1 aliphatic rings. The normalized spacial score (nSPS) is 19.9. The van der Waals surface area contributed by atoms with Crippen molar-refractivity contribution in [3.63, 3.8) is 0 Å². The zero-order chi connectivity index (χ0) is 8.32. The molecule has 0 spiro atoms. The first kappa shape index (κ1) is 9.01. The molecule has 0 unspecified atom stereocenters. The van der Waals surface area contributed by atoms with Crippen LogP contribution in [0.15, 0.2) is 0 Å². The van der Waals surface area contributed by atoms with Gasteiger partial charge in [0.05, 0.1) is 6.73 Å². The fraction of sp³-hybridized carbons (Fsp3) is 1.00. The average molecular weight is 157 g/mol. The van der Waals surface area contributed by atoms with Crippen molar-refractivity contribution in [1.82, 2.24) is 5.32 Å². The summed E-state index contributed by atoms with van der Waals surface area (Å²) in [6, 6.07) is 0. The molecule has 11 heavy (non-hydrogen) atoms. The lowest BCUT2D eigenvalue weighted by atomic mass is 9.67. The molecule has 0 aromatic heterocycles. The molecule has 1 fully saturated rings. The molecule has 0 aliphatic heterocycles. The highest BCUT2D eigenvalue weighted by molar-refractivity contribution is 4.85. The summed E-state index contributed by atoms with van der Waals surface area (Å²) in [5, 5.41) is 11.6. The maximum atomic E-state index is 8.59. The van der Waals surface area contributed by atoms with E-state index in [9.17, 15) is 0 Å². The maximum absolute atomic E-state index is 8.59. The largest absolute Gasteiger partial charge is 0.381 e. The number of rotatable bonds is 4. The molecule has 0 atom stereocenters. The minimum atomic E-state index is 0.107. The second-order valence-electron chi connectivity index (χ2n) is 4.20. The maximum Gasteiger partial charge on any atom is 0.0931 e. The standard InChI is InChI=1S/C9H19NO/c1-9(2,6-10-7-11)8-4-3-5-8/h8,10-11H,3-7H2,1-2H3. The van der Waals surface area contributed by atoms with E-state index in [1.165, 1.54) is 19.3 Å². The molecule has 0 saturated heterocycles. The summed E-state index contributed by atoms with van der Waals surface area (Å²) >= 11 is 0. The molecule has 2 N–H and O–H groups in total. The molecule has 2 nitrogen and oxygen atoms in total. The van der Waals surface area contributed by atoms with E-state index in [4.69, 9.17) is 5.11 Å². The Labute approximate surface area is 69.0 Å². The highest BCUT2D eigenvalue weighted by Crippen LogP contribution is 2.40. The zero-order valence-electron chi connectivity index (χ0n) is 7.56. The van der Waals surface area contributed by atoms with Crippen molar-refractivity contribution in [2.75, 3.05) is 13.3 Å². The van der Waals surface area contributed by atoms with Crippen LogP contribution in [0.5, 0.6) is 0 Å². The van der Waals surface area contributed by atoms with Crippen LogP contribution in [-0.2, 0) is 0 Å². The van der Waals surface area contributed by atoms with Crippen LogP contribution >= 0.6 is 0 Å². The van der Waals surface area contributed by atoms with Crippen molar-refractivity contribution >= 4 is 0 Å². The third-order valence-electron chi connectivity index (χ3n) is 2.90. The van der Waals surface area contributed by atoms with Gasteiger partial charge in [-0.2, -0.15) is 0 Å². The van der Waals surface area contributed by atoms with Crippen LogP contribution in [0.2, 0.25) is 0 Å². The summed E-state index contributed by atoms with van der Waals surface area (Å²) in [5.74, 6) is 0.876. The predicted molar refractivity (Wildman–Crippen MR) is 46.2 cm³/mol. The van der Waals surface area contributed by atoms with Gasteiger partial charge < -0.3 is 5.11 Å². The van der Waals surface area contributed by atoms with Gasteiger partial charge in [-0.25, -0.2) is 0 Å².